The Morgan fingerprint density at radius 3 is 2.43 bits per heavy atom. The van der Waals surface area contributed by atoms with E-state index >= 15 is 0 Å². The Balaban J connectivity index is 1.19. The maximum absolute atomic E-state index is 14.2. The van der Waals surface area contributed by atoms with Gasteiger partial charge in [0, 0.05) is 69.6 Å². The lowest BCUT2D eigenvalue weighted by Gasteiger charge is -2.45. The highest BCUT2D eigenvalue weighted by Crippen LogP contribution is 2.48. The second-order valence-electron chi connectivity index (χ2n) is 11.1. The molecule has 3 aliphatic heterocycles. The van der Waals surface area contributed by atoms with Gasteiger partial charge in [-0.3, -0.25) is 14.5 Å². The van der Waals surface area contributed by atoms with Gasteiger partial charge in [0.05, 0.1) is 0 Å². The van der Waals surface area contributed by atoms with Crippen LogP contribution in [0.3, 0.4) is 0 Å². The third kappa shape index (κ3) is 4.57. The first-order valence-electron chi connectivity index (χ1n) is 13.1. The predicted octanol–water partition coefficient (Wildman–Crippen LogP) is 3.41. The van der Waals surface area contributed by atoms with Crippen LogP contribution in [0.4, 0.5) is 14.9 Å². The fourth-order valence-corrected chi connectivity index (χ4v) is 6.72. The molecule has 0 N–H and O–H groups in total. The number of piperidine rings is 2. The number of rotatable bonds is 3. The summed E-state index contributed by atoms with van der Waals surface area (Å²) >= 11 is 0. The van der Waals surface area contributed by atoms with Gasteiger partial charge in [-0.1, -0.05) is 0 Å². The van der Waals surface area contributed by atoms with Crippen molar-refractivity contribution in [1.82, 2.24) is 14.7 Å². The van der Waals surface area contributed by atoms with E-state index in [9.17, 15) is 18.8 Å². The largest absolute Gasteiger partial charge is 0.343 e. The minimum absolute atomic E-state index is 0.0587. The van der Waals surface area contributed by atoms with E-state index in [4.69, 9.17) is 0 Å². The summed E-state index contributed by atoms with van der Waals surface area (Å²) in [6.07, 6.45) is 6.49. The minimum Gasteiger partial charge on any atom is -0.343 e. The van der Waals surface area contributed by atoms with Gasteiger partial charge in [-0.15, -0.1) is 0 Å². The highest BCUT2D eigenvalue weighted by Gasteiger charge is 2.47. The van der Waals surface area contributed by atoms with Crippen LogP contribution in [-0.2, 0) is 15.0 Å². The van der Waals surface area contributed by atoms with Crippen molar-refractivity contribution in [3.05, 3.63) is 29.6 Å². The van der Waals surface area contributed by atoms with Gasteiger partial charge in [0.15, 0.2) is 0 Å². The number of halogens is 1. The van der Waals surface area contributed by atoms with E-state index in [2.05, 4.69) is 4.90 Å². The smallest absolute Gasteiger partial charge is 0.323 e. The Labute approximate surface area is 207 Å². The van der Waals surface area contributed by atoms with E-state index < -0.39 is 0 Å². The average Bonchev–Trinajstić information content (AvgIpc) is 3.39. The Morgan fingerprint density at radius 1 is 1.09 bits per heavy atom. The molecule has 1 aromatic carbocycles. The van der Waals surface area contributed by atoms with Crippen LogP contribution in [0.25, 0.3) is 0 Å². The second kappa shape index (κ2) is 9.52. The van der Waals surface area contributed by atoms with Gasteiger partial charge in [0.2, 0.25) is 5.91 Å². The predicted molar refractivity (Wildman–Crippen MR) is 132 cm³/mol. The van der Waals surface area contributed by atoms with E-state index in [1.165, 1.54) is 6.07 Å². The number of ketones is 1. The van der Waals surface area contributed by atoms with Gasteiger partial charge in [0.25, 0.3) is 0 Å². The van der Waals surface area contributed by atoms with Gasteiger partial charge in [-0.2, -0.15) is 0 Å². The Hall–Kier alpha value is -2.48. The number of nitrogens with zero attached hydrogens (tertiary/aromatic N) is 4. The summed E-state index contributed by atoms with van der Waals surface area (Å²) in [4.78, 5) is 45.4. The number of likely N-dealkylation sites (tertiary alicyclic amines) is 2. The van der Waals surface area contributed by atoms with Crippen molar-refractivity contribution >= 4 is 23.4 Å². The number of hydrogen-bond donors (Lipinski definition) is 0. The number of anilines is 1. The molecule has 2 saturated heterocycles. The van der Waals surface area contributed by atoms with Crippen LogP contribution < -0.4 is 4.90 Å². The summed E-state index contributed by atoms with van der Waals surface area (Å²) in [6.45, 7) is 3.93. The highest BCUT2D eigenvalue weighted by atomic mass is 19.1. The summed E-state index contributed by atoms with van der Waals surface area (Å²) < 4.78 is 14.2. The fourth-order valence-electron chi connectivity index (χ4n) is 6.72. The SMILES string of the molecule is CN(C)C(=O)N1CC2(CCN(C3CCN(C(=O)CC4CCCC4=O)CC3)CC2)c2cc(F)ccc21. The first-order valence-corrected chi connectivity index (χ1v) is 13.1. The van der Waals surface area contributed by atoms with Crippen molar-refractivity contribution < 1.29 is 18.8 Å². The first kappa shape index (κ1) is 24.2. The third-order valence-electron chi connectivity index (χ3n) is 8.84. The first-order chi connectivity index (χ1) is 16.8. The summed E-state index contributed by atoms with van der Waals surface area (Å²) in [5, 5.41) is 0. The van der Waals surface area contributed by atoms with Gasteiger partial charge in [-0.05, 0) is 75.4 Å². The number of carbonyl (C=O) groups is 3. The van der Waals surface area contributed by atoms with Crippen LogP contribution in [0.1, 0.15) is 56.9 Å². The van der Waals surface area contributed by atoms with Crippen molar-refractivity contribution in [3.63, 3.8) is 0 Å². The van der Waals surface area contributed by atoms with Crippen molar-refractivity contribution in [2.45, 2.75) is 62.8 Å². The van der Waals surface area contributed by atoms with Crippen molar-refractivity contribution in [1.29, 1.82) is 0 Å². The summed E-state index contributed by atoms with van der Waals surface area (Å²) in [5.41, 5.74) is 1.60. The van der Waals surface area contributed by atoms with E-state index in [0.29, 0.717) is 25.4 Å². The molecule has 0 bridgehead atoms. The maximum Gasteiger partial charge on any atom is 0.323 e. The monoisotopic (exact) mass is 484 g/mol. The molecule has 1 unspecified atom stereocenters. The molecule has 190 valence electrons. The Kier molecular flexibility index (Phi) is 6.59. The quantitative estimate of drug-likeness (QED) is 0.660. The molecule has 8 heteroatoms. The molecule has 7 nitrogen and oxygen atoms in total. The van der Waals surface area contributed by atoms with E-state index in [0.717, 1.165) is 76.0 Å². The number of hydrogen-bond acceptors (Lipinski definition) is 4. The number of Topliss-reactive ketones (excluding diaryl/α,β-unsaturated/α-hetero) is 1. The molecule has 1 atom stereocenters. The van der Waals surface area contributed by atoms with Crippen LogP contribution in [0.5, 0.6) is 0 Å². The average molecular weight is 485 g/mol. The molecule has 0 aromatic heterocycles. The zero-order valence-corrected chi connectivity index (χ0v) is 21.0. The lowest BCUT2D eigenvalue weighted by atomic mass is 9.74. The zero-order valence-electron chi connectivity index (χ0n) is 21.0. The summed E-state index contributed by atoms with van der Waals surface area (Å²) in [6, 6.07) is 5.21. The van der Waals surface area contributed by atoms with Gasteiger partial charge < -0.3 is 14.7 Å². The van der Waals surface area contributed by atoms with Crippen LogP contribution in [-0.4, -0.2) is 85.3 Å². The maximum atomic E-state index is 14.2. The molecule has 1 aromatic rings. The number of fused-ring (bicyclic) bond motifs is 2. The number of carbonyl (C=O) groups excluding carboxylic acids is 3. The molecule has 1 aliphatic carbocycles. The molecule has 1 saturated carbocycles. The molecule has 3 fully saturated rings. The van der Waals surface area contributed by atoms with Gasteiger partial charge >= 0.3 is 6.03 Å². The molecular formula is C27H37FN4O3. The zero-order chi connectivity index (χ0) is 24.7. The summed E-state index contributed by atoms with van der Waals surface area (Å²) in [5.74, 6) is 0.0869. The molecule has 3 heterocycles. The molecule has 4 aliphatic rings. The van der Waals surface area contributed by atoms with Gasteiger partial charge in [-0.25, -0.2) is 9.18 Å². The van der Waals surface area contributed by atoms with Crippen LogP contribution in [0.15, 0.2) is 18.2 Å². The number of amides is 3. The van der Waals surface area contributed by atoms with Gasteiger partial charge in [0.1, 0.15) is 11.6 Å². The normalized spacial score (nSPS) is 24.8. The highest BCUT2D eigenvalue weighted by molar-refractivity contribution is 5.95. The number of urea groups is 1. The Bertz CT molecular complexity index is 996. The summed E-state index contributed by atoms with van der Waals surface area (Å²) in [7, 11) is 3.50. The standard InChI is InChI=1S/C27H37FN4O3/c1-29(2)26(35)32-18-27(22-17-20(28)6-7-23(22)32)10-14-30(15-11-27)21-8-12-31(13-9-21)25(34)16-19-4-3-5-24(19)33/h6-7,17,19,21H,3-5,8-16,18H2,1-2H3. The van der Waals surface area contributed by atoms with Crippen LogP contribution in [0, 0.1) is 11.7 Å². The number of benzene rings is 1. The minimum atomic E-state index is -0.249. The molecule has 0 radical (unpaired) electrons. The van der Waals surface area contributed by atoms with E-state index in [1.807, 2.05) is 9.80 Å². The molecule has 5 rings (SSSR count). The van der Waals surface area contributed by atoms with Crippen LogP contribution in [0.2, 0.25) is 0 Å². The van der Waals surface area contributed by atoms with Crippen molar-refractivity contribution in [2.24, 2.45) is 5.92 Å². The lowest BCUT2D eigenvalue weighted by molar-refractivity contribution is -0.136. The third-order valence-corrected chi connectivity index (χ3v) is 8.84. The Morgan fingerprint density at radius 2 is 1.80 bits per heavy atom. The lowest BCUT2D eigenvalue weighted by Crippen LogP contribution is -2.53. The molecule has 35 heavy (non-hydrogen) atoms. The molecule has 3 amide bonds. The van der Waals surface area contributed by atoms with Crippen molar-refractivity contribution in [3.8, 4) is 0 Å². The van der Waals surface area contributed by atoms with Crippen molar-refractivity contribution in [2.75, 3.05) is 51.7 Å². The molecule has 1 spiro atoms. The topological polar surface area (TPSA) is 64.2 Å². The van der Waals surface area contributed by atoms with E-state index in [1.54, 1.807) is 31.1 Å². The van der Waals surface area contributed by atoms with Crippen LogP contribution >= 0.6 is 0 Å². The van der Waals surface area contributed by atoms with E-state index in [-0.39, 0.29) is 34.9 Å². The fraction of sp³-hybridized carbons (Fsp3) is 0.667. The second-order valence-corrected chi connectivity index (χ2v) is 11.1. The molecular weight excluding hydrogens is 447 g/mol.